The highest BCUT2D eigenvalue weighted by atomic mass is 16.5. The van der Waals surface area contributed by atoms with Crippen molar-refractivity contribution in [3.8, 4) is 17.6 Å². The van der Waals surface area contributed by atoms with E-state index >= 15 is 0 Å². The fourth-order valence-electron chi connectivity index (χ4n) is 3.45. The maximum atomic E-state index is 9.85. The maximum Gasteiger partial charge on any atom is 0.161 e. The van der Waals surface area contributed by atoms with Gasteiger partial charge in [0.15, 0.2) is 11.5 Å². The summed E-state index contributed by atoms with van der Waals surface area (Å²) < 4.78 is 11.4. The summed E-state index contributed by atoms with van der Waals surface area (Å²) in [6, 6.07) is 8.56. The van der Waals surface area contributed by atoms with Gasteiger partial charge in [-0.25, -0.2) is 0 Å². The van der Waals surface area contributed by atoms with Gasteiger partial charge >= 0.3 is 0 Å². The smallest absolute Gasteiger partial charge is 0.161 e. The van der Waals surface area contributed by atoms with Crippen LogP contribution in [0.5, 0.6) is 11.5 Å². The van der Waals surface area contributed by atoms with Gasteiger partial charge in [0.05, 0.1) is 25.2 Å². The minimum atomic E-state index is -0.407. The predicted molar refractivity (Wildman–Crippen MR) is 89.5 cm³/mol. The summed E-state index contributed by atoms with van der Waals surface area (Å²) in [5.74, 6) is 2.76. The van der Waals surface area contributed by atoms with Crippen LogP contribution in [-0.4, -0.2) is 20.3 Å². The van der Waals surface area contributed by atoms with Gasteiger partial charge in [-0.2, -0.15) is 5.26 Å². The van der Waals surface area contributed by atoms with Crippen LogP contribution in [0.3, 0.4) is 0 Å². The van der Waals surface area contributed by atoms with E-state index < -0.39 is 5.41 Å². The summed E-state index contributed by atoms with van der Waals surface area (Å²) >= 11 is 0. The third-order valence-corrected chi connectivity index (χ3v) is 5.39. The van der Waals surface area contributed by atoms with Gasteiger partial charge in [-0.3, -0.25) is 0 Å². The van der Waals surface area contributed by atoms with Gasteiger partial charge in [0.1, 0.15) is 0 Å². The number of methoxy groups -OCH3 is 1. The van der Waals surface area contributed by atoms with Crippen molar-refractivity contribution in [2.45, 2.75) is 43.9 Å². The van der Waals surface area contributed by atoms with Crippen LogP contribution in [0.1, 0.15) is 44.1 Å². The lowest BCUT2D eigenvalue weighted by molar-refractivity contribution is 0.271. The number of hydrogen-bond donors (Lipinski definition) is 1. The third-order valence-electron chi connectivity index (χ3n) is 5.39. The summed E-state index contributed by atoms with van der Waals surface area (Å²) in [4.78, 5) is 0. The van der Waals surface area contributed by atoms with Gasteiger partial charge in [-0.1, -0.05) is 6.07 Å². The largest absolute Gasteiger partial charge is 0.493 e. The monoisotopic (exact) mass is 314 g/mol. The molecule has 124 valence electrons. The molecule has 23 heavy (non-hydrogen) atoms. The highest BCUT2D eigenvalue weighted by Crippen LogP contribution is 2.43. The van der Waals surface area contributed by atoms with Gasteiger partial charge in [0, 0.05) is 0 Å². The van der Waals surface area contributed by atoms with Gasteiger partial charge in [0.2, 0.25) is 0 Å². The van der Waals surface area contributed by atoms with Gasteiger partial charge < -0.3 is 15.2 Å². The molecule has 0 bridgehead atoms. The zero-order valence-corrected chi connectivity index (χ0v) is 13.9. The van der Waals surface area contributed by atoms with Crippen molar-refractivity contribution in [2.75, 3.05) is 20.3 Å². The first-order valence-electron chi connectivity index (χ1n) is 8.63. The van der Waals surface area contributed by atoms with Crippen molar-refractivity contribution in [3.63, 3.8) is 0 Å². The number of rotatable bonds is 6. The molecule has 4 heteroatoms. The molecule has 0 atom stereocenters. The molecular formula is C19H26N2O2. The highest BCUT2D eigenvalue weighted by molar-refractivity contribution is 5.47. The van der Waals surface area contributed by atoms with E-state index in [1.807, 2.05) is 18.2 Å². The average molecular weight is 314 g/mol. The molecule has 0 aromatic heterocycles. The molecule has 0 amide bonds. The zero-order valence-electron chi connectivity index (χ0n) is 13.9. The highest BCUT2D eigenvalue weighted by Gasteiger charge is 2.37. The summed E-state index contributed by atoms with van der Waals surface area (Å²) in [6.45, 7) is 1.47. The van der Waals surface area contributed by atoms with E-state index in [-0.39, 0.29) is 0 Å². The van der Waals surface area contributed by atoms with Gasteiger partial charge in [-0.15, -0.1) is 0 Å². The Kier molecular flexibility index (Phi) is 4.77. The molecule has 3 rings (SSSR count). The van der Waals surface area contributed by atoms with Crippen LogP contribution in [-0.2, 0) is 5.41 Å². The minimum Gasteiger partial charge on any atom is -0.493 e. The van der Waals surface area contributed by atoms with Crippen molar-refractivity contribution in [1.82, 2.24) is 0 Å². The number of nitrogens with two attached hydrogens (primary N) is 1. The Bertz CT molecular complexity index is 582. The summed E-state index contributed by atoms with van der Waals surface area (Å²) in [6.07, 6.45) is 6.30. The number of nitrogens with zero attached hydrogens (tertiary/aromatic N) is 1. The zero-order chi connectivity index (χ0) is 16.3. The Morgan fingerprint density at radius 3 is 2.48 bits per heavy atom. The summed E-state index contributed by atoms with van der Waals surface area (Å²) in [5.41, 5.74) is 6.44. The molecule has 2 N–H and O–H groups in total. The Morgan fingerprint density at radius 2 is 1.91 bits per heavy atom. The first kappa shape index (κ1) is 16.1. The molecule has 2 aliphatic carbocycles. The number of hydrogen-bond acceptors (Lipinski definition) is 4. The van der Waals surface area contributed by atoms with E-state index in [1.54, 1.807) is 7.11 Å². The number of ether oxygens (including phenoxy) is 2. The van der Waals surface area contributed by atoms with Crippen molar-refractivity contribution < 1.29 is 9.47 Å². The fourth-order valence-corrected chi connectivity index (χ4v) is 3.45. The number of nitriles is 1. The second kappa shape index (κ2) is 6.80. The normalized spacial score (nSPS) is 27.3. The lowest BCUT2D eigenvalue weighted by Crippen LogP contribution is -2.32. The number of benzene rings is 1. The van der Waals surface area contributed by atoms with E-state index in [9.17, 15) is 5.26 Å². The topological polar surface area (TPSA) is 68.3 Å². The average Bonchev–Trinajstić information content (AvgIpc) is 3.44. The lowest BCUT2D eigenvalue weighted by atomic mass is 9.67. The van der Waals surface area contributed by atoms with Crippen molar-refractivity contribution in [3.05, 3.63) is 23.8 Å². The molecule has 4 nitrogen and oxygen atoms in total. The van der Waals surface area contributed by atoms with Gasteiger partial charge in [0.25, 0.3) is 0 Å². The van der Waals surface area contributed by atoms with E-state index in [0.29, 0.717) is 11.8 Å². The second-order valence-electron chi connectivity index (χ2n) is 6.99. The maximum absolute atomic E-state index is 9.85. The molecule has 1 aromatic rings. The Hall–Kier alpha value is -1.73. The van der Waals surface area contributed by atoms with Crippen LogP contribution in [0.15, 0.2) is 18.2 Å². The first-order chi connectivity index (χ1) is 11.2. The molecule has 2 aliphatic rings. The van der Waals surface area contributed by atoms with Crippen LogP contribution in [0, 0.1) is 23.2 Å². The predicted octanol–water partition coefficient (Wildman–Crippen LogP) is 3.39. The van der Waals surface area contributed by atoms with Crippen molar-refractivity contribution >= 4 is 0 Å². The Balaban J connectivity index is 1.82. The molecule has 0 unspecified atom stereocenters. The molecule has 0 spiro atoms. The first-order valence-corrected chi connectivity index (χ1v) is 8.63. The Labute approximate surface area is 138 Å². The molecule has 0 saturated heterocycles. The van der Waals surface area contributed by atoms with Crippen LogP contribution in [0.25, 0.3) is 0 Å². The molecule has 2 fully saturated rings. The van der Waals surface area contributed by atoms with Crippen LogP contribution in [0.4, 0.5) is 0 Å². The van der Waals surface area contributed by atoms with Crippen LogP contribution >= 0.6 is 0 Å². The molecule has 0 aliphatic heterocycles. The third kappa shape index (κ3) is 3.45. The van der Waals surface area contributed by atoms with E-state index in [0.717, 1.165) is 55.9 Å². The van der Waals surface area contributed by atoms with Crippen LogP contribution in [0.2, 0.25) is 0 Å². The van der Waals surface area contributed by atoms with Crippen molar-refractivity contribution in [1.29, 1.82) is 5.26 Å². The summed E-state index contributed by atoms with van der Waals surface area (Å²) in [5, 5.41) is 9.85. The molecular weight excluding hydrogens is 288 g/mol. The second-order valence-corrected chi connectivity index (χ2v) is 6.99. The SMILES string of the molecule is COc1ccc(C2(C#N)CCC(CN)CC2)cc1OCC1CC1. The quantitative estimate of drug-likeness (QED) is 0.874. The Morgan fingerprint density at radius 1 is 1.17 bits per heavy atom. The van der Waals surface area contributed by atoms with Crippen molar-refractivity contribution in [2.24, 2.45) is 17.6 Å². The minimum absolute atomic E-state index is 0.407. The van der Waals surface area contributed by atoms with Crippen LogP contribution < -0.4 is 15.2 Å². The molecule has 2 saturated carbocycles. The van der Waals surface area contributed by atoms with Gasteiger partial charge in [-0.05, 0) is 74.6 Å². The molecule has 0 heterocycles. The van der Waals surface area contributed by atoms with E-state index in [4.69, 9.17) is 15.2 Å². The molecule has 1 aromatic carbocycles. The lowest BCUT2D eigenvalue weighted by Gasteiger charge is -2.35. The fraction of sp³-hybridized carbons (Fsp3) is 0.632. The van der Waals surface area contributed by atoms with E-state index in [1.165, 1.54) is 12.8 Å². The van der Waals surface area contributed by atoms with E-state index in [2.05, 4.69) is 6.07 Å². The standard InChI is InChI=1S/C19H26N2O2/c1-22-17-5-4-16(10-18(17)23-12-15-2-3-15)19(13-21)8-6-14(11-20)7-9-19/h4-5,10,14-15H,2-3,6-9,11-12,20H2,1H3. The molecule has 0 radical (unpaired) electrons. The summed E-state index contributed by atoms with van der Waals surface area (Å²) in [7, 11) is 1.66.